The van der Waals surface area contributed by atoms with Gasteiger partial charge < -0.3 is 10.1 Å². The Bertz CT molecular complexity index is 1100. The second-order valence-electron chi connectivity index (χ2n) is 6.88. The number of carbonyl (C=O) groups excluding carboxylic acids is 1. The van der Waals surface area contributed by atoms with Crippen LogP contribution < -0.4 is 14.8 Å². The van der Waals surface area contributed by atoms with Gasteiger partial charge in [0.15, 0.2) is 0 Å². The van der Waals surface area contributed by atoms with Crippen LogP contribution in [0.1, 0.15) is 11.1 Å². The molecule has 1 atom stereocenters. The molecule has 0 bridgehead atoms. The lowest BCUT2D eigenvalue weighted by molar-refractivity contribution is -0.122. The maximum absolute atomic E-state index is 12.9. The summed E-state index contributed by atoms with van der Waals surface area (Å²) in [5.41, 5.74) is 1.71. The van der Waals surface area contributed by atoms with E-state index in [9.17, 15) is 13.2 Å². The van der Waals surface area contributed by atoms with Gasteiger partial charge in [-0.1, -0.05) is 54.1 Å². The van der Waals surface area contributed by atoms with Crippen molar-refractivity contribution < 1.29 is 17.9 Å². The number of nitrogens with one attached hydrogen (secondary N) is 2. The number of amides is 1. The highest BCUT2D eigenvalue weighted by Gasteiger charge is 2.26. The average Bonchev–Trinajstić information content (AvgIpc) is 2.78. The van der Waals surface area contributed by atoms with Gasteiger partial charge in [-0.05, 0) is 53.9 Å². The van der Waals surface area contributed by atoms with Gasteiger partial charge in [-0.2, -0.15) is 4.72 Å². The summed E-state index contributed by atoms with van der Waals surface area (Å²) in [7, 11) is -2.34. The largest absolute Gasteiger partial charge is 0.497 e. The lowest BCUT2D eigenvalue weighted by Crippen LogP contribution is -2.47. The van der Waals surface area contributed by atoms with Crippen LogP contribution in [0.4, 0.5) is 0 Å². The summed E-state index contributed by atoms with van der Waals surface area (Å²) in [4.78, 5) is 13.0. The zero-order chi connectivity index (χ0) is 22.3. The molecule has 31 heavy (non-hydrogen) atoms. The van der Waals surface area contributed by atoms with Crippen LogP contribution >= 0.6 is 11.6 Å². The zero-order valence-corrected chi connectivity index (χ0v) is 18.5. The van der Waals surface area contributed by atoms with Crippen molar-refractivity contribution in [3.63, 3.8) is 0 Å². The second kappa shape index (κ2) is 10.4. The minimum Gasteiger partial charge on any atom is -0.497 e. The molecule has 0 spiro atoms. The molecule has 8 heteroatoms. The minimum absolute atomic E-state index is 0.0397. The third-order valence-electron chi connectivity index (χ3n) is 4.65. The van der Waals surface area contributed by atoms with E-state index in [1.54, 1.807) is 19.2 Å². The van der Waals surface area contributed by atoms with Gasteiger partial charge in [0.2, 0.25) is 15.9 Å². The average molecular weight is 459 g/mol. The maximum Gasteiger partial charge on any atom is 0.241 e. The Morgan fingerprint density at radius 1 is 0.935 bits per heavy atom. The fourth-order valence-corrected chi connectivity index (χ4v) is 4.28. The van der Waals surface area contributed by atoms with Gasteiger partial charge in [0.25, 0.3) is 0 Å². The van der Waals surface area contributed by atoms with E-state index in [1.165, 1.54) is 24.3 Å². The Morgan fingerprint density at radius 2 is 1.58 bits per heavy atom. The van der Waals surface area contributed by atoms with Crippen LogP contribution in [0.3, 0.4) is 0 Å². The molecule has 3 aromatic carbocycles. The first-order valence-corrected chi connectivity index (χ1v) is 11.5. The fraction of sp³-hybridized carbons (Fsp3) is 0.174. The molecule has 0 radical (unpaired) electrons. The van der Waals surface area contributed by atoms with Crippen molar-refractivity contribution in [3.05, 3.63) is 95.0 Å². The summed E-state index contributed by atoms with van der Waals surface area (Å²) in [6, 6.07) is 21.3. The Balaban J connectivity index is 1.76. The molecule has 0 fully saturated rings. The summed E-state index contributed by atoms with van der Waals surface area (Å²) >= 11 is 5.86. The third kappa shape index (κ3) is 6.55. The van der Waals surface area contributed by atoms with E-state index in [4.69, 9.17) is 16.3 Å². The standard InChI is InChI=1S/C23H23ClN2O4S/c1-30-20-11-7-18(8-12-20)16-25-23(27)22(15-17-5-3-2-4-6-17)26-31(28,29)21-13-9-19(24)10-14-21/h2-14,22,26H,15-16H2,1H3,(H,25,27). The number of ether oxygens (including phenoxy) is 1. The molecule has 0 aromatic heterocycles. The van der Waals surface area contributed by atoms with E-state index in [2.05, 4.69) is 10.0 Å². The number of rotatable bonds is 9. The van der Waals surface area contributed by atoms with Crippen molar-refractivity contribution in [2.45, 2.75) is 23.9 Å². The summed E-state index contributed by atoms with van der Waals surface area (Å²) in [5, 5.41) is 3.24. The summed E-state index contributed by atoms with van der Waals surface area (Å²) in [5.74, 6) is 0.296. The molecule has 3 aromatic rings. The van der Waals surface area contributed by atoms with Crippen molar-refractivity contribution in [3.8, 4) is 5.75 Å². The molecule has 0 aliphatic rings. The number of hydrogen-bond donors (Lipinski definition) is 2. The first-order valence-electron chi connectivity index (χ1n) is 9.60. The molecule has 0 heterocycles. The molecule has 3 rings (SSSR count). The number of hydrogen-bond acceptors (Lipinski definition) is 4. The molecular weight excluding hydrogens is 436 g/mol. The predicted octanol–water partition coefficient (Wildman–Crippen LogP) is 3.55. The highest BCUT2D eigenvalue weighted by atomic mass is 35.5. The molecule has 0 aliphatic heterocycles. The van der Waals surface area contributed by atoms with Crippen molar-refractivity contribution in [2.24, 2.45) is 0 Å². The van der Waals surface area contributed by atoms with Gasteiger partial charge in [0.1, 0.15) is 11.8 Å². The summed E-state index contributed by atoms with van der Waals surface area (Å²) in [6.45, 7) is 0.261. The number of halogens is 1. The molecule has 6 nitrogen and oxygen atoms in total. The Labute approximate surface area is 187 Å². The molecule has 2 N–H and O–H groups in total. The Morgan fingerprint density at radius 3 is 2.19 bits per heavy atom. The van der Waals surface area contributed by atoms with Crippen LogP contribution in [0.25, 0.3) is 0 Å². The quantitative estimate of drug-likeness (QED) is 0.513. The van der Waals surface area contributed by atoms with Gasteiger partial charge >= 0.3 is 0 Å². The van der Waals surface area contributed by atoms with Gasteiger partial charge in [-0.3, -0.25) is 4.79 Å². The first kappa shape index (κ1) is 22.8. The topological polar surface area (TPSA) is 84.5 Å². The van der Waals surface area contributed by atoms with Crippen LogP contribution in [0.2, 0.25) is 5.02 Å². The molecule has 162 valence electrons. The number of methoxy groups -OCH3 is 1. The Hall–Kier alpha value is -2.87. The van der Waals surface area contributed by atoms with Crippen LogP contribution in [0.5, 0.6) is 5.75 Å². The van der Waals surface area contributed by atoms with E-state index in [0.29, 0.717) is 10.8 Å². The molecule has 0 aliphatic carbocycles. The molecule has 0 saturated carbocycles. The van der Waals surface area contributed by atoms with Gasteiger partial charge in [0, 0.05) is 11.6 Å². The van der Waals surface area contributed by atoms with E-state index in [-0.39, 0.29) is 17.9 Å². The number of sulfonamides is 1. The van der Waals surface area contributed by atoms with Crippen LogP contribution in [-0.2, 0) is 27.8 Å². The SMILES string of the molecule is COc1ccc(CNC(=O)C(Cc2ccccc2)NS(=O)(=O)c2ccc(Cl)cc2)cc1. The lowest BCUT2D eigenvalue weighted by atomic mass is 10.1. The van der Waals surface area contributed by atoms with Crippen molar-refractivity contribution in [1.82, 2.24) is 10.0 Å². The van der Waals surface area contributed by atoms with E-state index < -0.39 is 22.0 Å². The second-order valence-corrected chi connectivity index (χ2v) is 9.03. The van der Waals surface area contributed by atoms with Crippen molar-refractivity contribution in [1.29, 1.82) is 0 Å². The van der Waals surface area contributed by atoms with Crippen LogP contribution in [-0.4, -0.2) is 27.5 Å². The highest BCUT2D eigenvalue weighted by Crippen LogP contribution is 2.16. The number of carbonyl (C=O) groups is 1. The maximum atomic E-state index is 12.9. The first-order chi connectivity index (χ1) is 14.9. The summed E-state index contributed by atoms with van der Waals surface area (Å²) < 4.78 is 33.4. The van der Waals surface area contributed by atoms with Crippen molar-refractivity contribution in [2.75, 3.05) is 7.11 Å². The monoisotopic (exact) mass is 458 g/mol. The molecule has 1 unspecified atom stereocenters. The molecule has 0 saturated heterocycles. The molecule has 1 amide bonds. The smallest absolute Gasteiger partial charge is 0.241 e. The fourth-order valence-electron chi connectivity index (χ4n) is 2.96. The van der Waals surface area contributed by atoms with Crippen molar-refractivity contribution >= 4 is 27.5 Å². The predicted molar refractivity (Wildman–Crippen MR) is 121 cm³/mol. The van der Waals surface area contributed by atoms with E-state index >= 15 is 0 Å². The summed E-state index contributed by atoms with van der Waals surface area (Å²) in [6.07, 6.45) is 0.210. The lowest BCUT2D eigenvalue weighted by Gasteiger charge is -2.19. The van der Waals surface area contributed by atoms with Gasteiger partial charge in [-0.15, -0.1) is 0 Å². The van der Waals surface area contributed by atoms with Gasteiger partial charge in [-0.25, -0.2) is 8.42 Å². The van der Waals surface area contributed by atoms with E-state index in [1.807, 2.05) is 42.5 Å². The van der Waals surface area contributed by atoms with Gasteiger partial charge in [0.05, 0.1) is 12.0 Å². The van der Waals surface area contributed by atoms with E-state index in [0.717, 1.165) is 11.1 Å². The highest BCUT2D eigenvalue weighted by molar-refractivity contribution is 7.89. The molecular formula is C23H23ClN2O4S. The zero-order valence-electron chi connectivity index (χ0n) is 16.9. The normalized spacial score (nSPS) is 12.2. The Kier molecular flexibility index (Phi) is 7.68. The third-order valence-corrected chi connectivity index (χ3v) is 6.39. The van der Waals surface area contributed by atoms with Crippen LogP contribution in [0.15, 0.2) is 83.8 Å². The number of benzene rings is 3. The van der Waals surface area contributed by atoms with Crippen LogP contribution in [0, 0.1) is 0 Å². The minimum atomic E-state index is -3.92.